The Labute approximate surface area is 124 Å². The molecule has 1 fully saturated rings. The molecular formula is C14H26F3N3O. The molecule has 0 unspecified atom stereocenters. The summed E-state index contributed by atoms with van der Waals surface area (Å²) in [6.07, 6.45) is -1.45. The van der Waals surface area contributed by atoms with Gasteiger partial charge in [0.2, 0.25) is 0 Å². The molecule has 0 amide bonds. The van der Waals surface area contributed by atoms with Crippen molar-refractivity contribution in [3.63, 3.8) is 0 Å². The molecule has 0 aromatic rings. The minimum atomic E-state index is -4.25. The first-order chi connectivity index (χ1) is 9.92. The van der Waals surface area contributed by atoms with Gasteiger partial charge in [-0.3, -0.25) is 4.99 Å². The van der Waals surface area contributed by atoms with Crippen LogP contribution in [0.15, 0.2) is 4.99 Å². The van der Waals surface area contributed by atoms with Crippen LogP contribution in [0.3, 0.4) is 0 Å². The van der Waals surface area contributed by atoms with Gasteiger partial charge in [-0.05, 0) is 32.1 Å². The van der Waals surface area contributed by atoms with Crippen LogP contribution in [0.5, 0.6) is 0 Å². The van der Waals surface area contributed by atoms with Crippen molar-refractivity contribution in [1.29, 1.82) is 0 Å². The third kappa shape index (κ3) is 8.14. The van der Waals surface area contributed by atoms with Crippen molar-refractivity contribution < 1.29 is 17.9 Å². The van der Waals surface area contributed by atoms with E-state index in [-0.39, 0.29) is 6.61 Å². The van der Waals surface area contributed by atoms with E-state index >= 15 is 0 Å². The maximum Gasteiger partial charge on any atom is 0.411 e. The lowest BCUT2D eigenvalue weighted by Crippen LogP contribution is -2.45. The molecule has 1 heterocycles. The smallest absolute Gasteiger partial charge is 0.372 e. The number of guanidine groups is 1. The largest absolute Gasteiger partial charge is 0.411 e. The second kappa shape index (κ2) is 9.12. The summed E-state index contributed by atoms with van der Waals surface area (Å²) in [6.45, 7) is 6.39. The van der Waals surface area contributed by atoms with E-state index in [0.29, 0.717) is 13.0 Å². The molecule has 4 nitrogen and oxygen atoms in total. The lowest BCUT2D eigenvalue weighted by atomic mass is 10.00. The first-order valence-corrected chi connectivity index (χ1v) is 7.60. The quantitative estimate of drug-likeness (QED) is 0.465. The van der Waals surface area contributed by atoms with Crippen molar-refractivity contribution in [2.45, 2.75) is 39.3 Å². The van der Waals surface area contributed by atoms with Gasteiger partial charge < -0.3 is 15.0 Å². The maximum atomic E-state index is 11.9. The second-order valence-corrected chi connectivity index (χ2v) is 5.43. The van der Waals surface area contributed by atoms with Crippen LogP contribution in [-0.2, 0) is 4.74 Å². The number of hydrogen-bond acceptors (Lipinski definition) is 2. The van der Waals surface area contributed by atoms with Gasteiger partial charge in [0.1, 0.15) is 6.61 Å². The van der Waals surface area contributed by atoms with Crippen LogP contribution in [0.2, 0.25) is 0 Å². The highest BCUT2D eigenvalue weighted by molar-refractivity contribution is 5.80. The van der Waals surface area contributed by atoms with Crippen LogP contribution in [0, 0.1) is 5.92 Å². The van der Waals surface area contributed by atoms with E-state index in [9.17, 15) is 13.2 Å². The number of nitrogens with one attached hydrogen (secondary N) is 1. The Morgan fingerprint density at radius 3 is 2.57 bits per heavy atom. The van der Waals surface area contributed by atoms with Gasteiger partial charge in [0, 0.05) is 32.8 Å². The third-order valence-corrected chi connectivity index (χ3v) is 3.39. The number of aliphatic imine (C=N–C) groups is 1. The third-order valence-electron chi connectivity index (χ3n) is 3.39. The van der Waals surface area contributed by atoms with Crippen LogP contribution < -0.4 is 5.32 Å². The Bertz CT molecular complexity index is 313. The van der Waals surface area contributed by atoms with Crippen LogP contribution in [0.1, 0.15) is 33.1 Å². The Morgan fingerprint density at radius 1 is 1.33 bits per heavy atom. The highest BCUT2D eigenvalue weighted by Crippen LogP contribution is 2.16. The van der Waals surface area contributed by atoms with E-state index in [1.807, 2.05) is 6.92 Å². The second-order valence-electron chi connectivity index (χ2n) is 5.43. The Hall–Kier alpha value is -0.980. The standard InChI is InChI=1S/C14H26F3N3O/c1-3-18-13(20-8-5-12(2)6-9-20)19-7-4-10-21-11-14(15,16)17/h12H,3-11H2,1-2H3,(H,18,19). The summed E-state index contributed by atoms with van der Waals surface area (Å²) in [7, 11) is 0. The van der Waals surface area contributed by atoms with Gasteiger partial charge in [0.05, 0.1) is 0 Å². The number of rotatable bonds is 6. The lowest BCUT2D eigenvalue weighted by Gasteiger charge is -2.33. The predicted octanol–water partition coefficient (Wildman–Crippen LogP) is 2.65. The summed E-state index contributed by atoms with van der Waals surface area (Å²) in [4.78, 5) is 6.69. The molecule has 1 rings (SSSR count). The summed E-state index contributed by atoms with van der Waals surface area (Å²) < 4.78 is 40.3. The molecule has 21 heavy (non-hydrogen) atoms. The van der Waals surface area contributed by atoms with Crippen LogP contribution in [-0.4, -0.2) is 56.4 Å². The number of nitrogens with zero attached hydrogens (tertiary/aromatic N) is 2. The van der Waals surface area contributed by atoms with E-state index in [1.165, 1.54) is 0 Å². The van der Waals surface area contributed by atoms with E-state index in [2.05, 4.69) is 26.9 Å². The highest BCUT2D eigenvalue weighted by atomic mass is 19.4. The van der Waals surface area contributed by atoms with Crippen LogP contribution >= 0.6 is 0 Å². The van der Waals surface area contributed by atoms with Crippen molar-refractivity contribution in [2.75, 3.05) is 39.4 Å². The first-order valence-electron chi connectivity index (χ1n) is 7.60. The Balaban J connectivity index is 2.28. The normalized spacial score (nSPS) is 18.1. The van der Waals surface area contributed by atoms with Gasteiger partial charge in [-0.15, -0.1) is 0 Å². The number of hydrogen-bond donors (Lipinski definition) is 1. The SMILES string of the molecule is CCNC(=NCCCOCC(F)(F)F)N1CCC(C)CC1. The highest BCUT2D eigenvalue weighted by Gasteiger charge is 2.27. The zero-order valence-corrected chi connectivity index (χ0v) is 12.9. The first kappa shape index (κ1) is 18.1. The summed E-state index contributed by atoms with van der Waals surface area (Å²) in [5.74, 6) is 1.61. The molecule has 0 aromatic carbocycles. The minimum absolute atomic E-state index is 0.0828. The Kier molecular flexibility index (Phi) is 7.85. The molecule has 0 atom stereocenters. The van der Waals surface area contributed by atoms with E-state index in [0.717, 1.165) is 44.4 Å². The van der Waals surface area contributed by atoms with Crippen LogP contribution in [0.4, 0.5) is 13.2 Å². The van der Waals surface area contributed by atoms with Gasteiger partial charge in [-0.25, -0.2) is 0 Å². The van der Waals surface area contributed by atoms with Crippen molar-refractivity contribution in [2.24, 2.45) is 10.9 Å². The van der Waals surface area contributed by atoms with Gasteiger partial charge >= 0.3 is 6.18 Å². The van der Waals surface area contributed by atoms with Gasteiger partial charge in [0.15, 0.2) is 5.96 Å². The van der Waals surface area contributed by atoms with Gasteiger partial charge in [-0.2, -0.15) is 13.2 Å². The van der Waals surface area contributed by atoms with Crippen molar-refractivity contribution in [1.82, 2.24) is 10.2 Å². The predicted molar refractivity (Wildman–Crippen MR) is 77.4 cm³/mol. The number of alkyl halides is 3. The fourth-order valence-corrected chi connectivity index (χ4v) is 2.19. The molecule has 1 aliphatic rings. The topological polar surface area (TPSA) is 36.9 Å². The molecule has 1 N–H and O–H groups in total. The van der Waals surface area contributed by atoms with Crippen molar-refractivity contribution in [3.8, 4) is 0 Å². The Morgan fingerprint density at radius 2 is 2.00 bits per heavy atom. The summed E-state index contributed by atoms with van der Waals surface area (Å²) >= 11 is 0. The van der Waals surface area contributed by atoms with E-state index in [1.54, 1.807) is 0 Å². The number of likely N-dealkylation sites (tertiary alicyclic amines) is 1. The molecule has 124 valence electrons. The molecule has 0 bridgehead atoms. The fraction of sp³-hybridized carbons (Fsp3) is 0.929. The van der Waals surface area contributed by atoms with Crippen molar-refractivity contribution >= 4 is 5.96 Å². The molecule has 0 radical (unpaired) electrons. The van der Waals surface area contributed by atoms with Gasteiger partial charge in [0.25, 0.3) is 0 Å². The summed E-state index contributed by atoms with van der Waals surface area (Å²) in [5, 5.41) is 3.24. The molecule has 0 aromatic heterocycles. The van der Waals surface area contributed by atoms with E-state index in [4.69, 9.17) is 0 Å². The fourth-order valence-electron chi connectivity index (χ4n) is 2.19. The molecule has 0 saturated carbocycles. The summed E-state index contributed by atoms with van der Waals surface area (Å²) in [6, 6.07) is 0. The van der Waals surface area contributed by atoms with Crippen molar-refractivity contribution in [3.05, 3.63) is 0 Å². The number of ether oxygens (including phenoxy) is 1. The molecule has 0 aliphatic carbocycles. The molecule has 0 spiro atoms. The molecule has 1 aliphatic heterocycles. The molecule has 7 heteroatoms. The monoisotopic (exact) mass is 309 g/mol. The lowest BCUT2D eigenvalue weighted by molar-refractivity contribution is -0.173. The molecular weight excluding hydrogens is 283 g/mol. The van der Waals surface area contributed by atoms with E-state index < -0.39 is 12.8 Å². The zero-order chi connectivity index (χ0) is 15.7. The number of piperidine rings is 1. The minimum Gasteiger partial charge on any atom is -0.372 e. The molecule has 1 saturated heterocycles. The zero-order valence-electron chi connectivity index (χ0n) is 12.9. The van der Waals surface area contributed by atoms with Gasteiger partial charge in [-0.1, -0.05) is 6.92 Å². The average molecular weight is 309 g/mol. The summed E-state index contributed by atoms with van der Waals surface area (Å²) in [5.41, 5.74) is 0. The number of halogens is 3. The average Bonchev–Trinajstić information content (AvgIpc) is 2.41. The van der Waals surface area contributed by atoms with Crippen LogP contribution in [0.25, 0.3) is 0 Å². The maximum absolute atomic E-state index is 11.9.